The van der Waals surface area contributed by atoms with Gasteiger partial charge in [0.05, 0.1) is 0 Å². The summed E-state index contributed by atoms with van der Waals surface area (Å²) in [6.45, 7) is 16.7. The second kappa shape index (κ2) is 7.35. The second-order valence-corrected chi connectivity index (χ2v) is 6.67. The molecule has 2 atom stereocenters. The molecule has 98 valence electrons. The van der Waals surface area contributed by atoms with E-state index in [0.717, 1.165) is 17.8 Å². The molecule has 0 aliphatic rings. The highest BCUT2D eigenvalue weighted by Gasteiger charge is 2.28. The van der Waals surface area contributed by atoms with E-state index in [1.54, 1.807) is 0 Å². The summed E-state index contributed by atoms with van der Waals surface area (Å²) >= 11 is 0. The van der Waals surface area contributed by atoms with Gasteiger partial charge in [0.2, 0.25) is 0 Å². The van der Waals surface area contributed by atoms with Crippen molar-refractivity contribution in [2.75, 3.05) is 0 Å². The van der Waals surface area contributed by atoms with Crippen molar-refractivity contribution >= 4 is 0 Å². The SMILES string of the molecule is CCCC[C@@](C)(CC[C@H](C)C(C)C)C(C)C. The number of hydrogen-bond acceptors (Lipinski definition) is 0. The van der Waals surface area contributed by atoms with Crippen LogP contribution in [0.2, 0.25) is 0 Å². The number of rotatable bonds is 8. The Morgan fingerprint density at radius 2 is 1.50 bits per heavy atom. The molecule has 0 saturated heterocycles. The third-order valence-corrected chi connectivity index (χ3v) is 4.80. The number of hydrogen-bond donors (Lipinski definition) is 0. The van der Waals surface area contributed by atoms with Crippen LogP contribution in [0.1, 0.15) is 80.6 Å². The van der Waals surface area contributed by atoms with E-state index in [0.29, 0.717) is 5.41 Å². The van der Waals surface area contributed by atoms with Gasteiger partial charge in [-0.2, -0.15) is 0 Å². The maximum Gasteiger partial charge on any atom is -0.0303 e. The molecule has 0 aromatic carbocycles. The van der Waals surface area contributed by atoms with Gasteiger partial charge in [-0.15, -0.1) is 0 Å². The Morgan fingerprint density at radius 1 is 0.938 bits per heavy atom. The Balaban J connectivity index is 4.22. The average Bonchev–Trinajstić information content (AvgIpc) is 2.22. The van der Waals surface area contributed by atoms with Gasteiger partial charge in [-0.1, -0.05) is 61.3 Å². The van der Waals surface area contributed by atoms with E-state index in [1.807, 2.05) is 0 Å². The van der Waals surface area contributed by atoms with Crippen LogP contribution in [0, 0.1) is 23.2 Å². The highest BCUT2D eigenvalue weighted by molar-refractivity contribution is 4.78. The smallest absolute Gasteiger partial charge is 0.0303 e. The monoisotopic (exact) mass is 226 g/mol. The molecule has 0 radical (unpaired) electrons. The highest BCUT2D eigenvalue weighted by Crippen LogP contribution is 2.39. The van der Waals surface area contributed by atoms with E-state index in [9.17, 15) is 0 Å². The van der Waals surface area contributed by atoms with Crippen molar-refractivity contribution in [3.8, 4) is 0 Å². The molecular weight excluding hydrogens is 192 g/mol. The van der Waals surface area contributed by atoms with Gasteiger partial charge in [-0.3, -0.25) is 0 Å². The summed E-state index contributed by atoms with van der Waals surface area (Å²) in [5.74, 6) is 2.53. The highest BCUT2D eigenvalue weighted by atomic mass is 14.3. The summed E-state index contributed by atoms with van der Waals surface area (Å²) < 4.78 is 0. The fraction of sp³-hybridized carbons (Fsp3) is 1.00. The van der Waals surface area contributed by atoms with Gasteiger partial charge in [0.15, 0.2) is 0 Å². The summed E-state index contributed by atoms with van der Waals surface area (Å²) in [7, 11) is 0. The quantitative estimate of drug-likeness (QED) is 0.482. The summed E-state index contributed by atoms with van der Waals surface area (Å²) in [5, 5.41) is 0. The first-order valence-corrected chi connectivity index (χ1v) is 7.33. The second-order valence-electron chi connectivity index (χ2n) is 6.67. The van der Waals surface area contributed by atoms with Crippen LogP contribution in [0.5, 0.6) is 0 Å². The fourth-order valence-corrected chi connectivity index (χ4v) is 2.17. The molecule has 0 amide bonds. The van der Waals surface area contributed by atoms with Crippen LogP contribution >= 0.6 is 0 Å². The molecule has 0 bridgehead atoms. The molecule has 0 heterocycles. The zero-order valence-electron chi connectivity index (χ0n) is 12.8. The molecule has 0 aromatic heterocycles. The molecule has 0 aromatic rings. The van der Waals surface area contributed by atoms with Crippen LogP contribution in [0.3, 0.4) is 0 Å². The largest absolute Gasteiger partial charge is 0.0654 e. The number of unbranched alkanes of at least 4 members (excludes halogenated alkanes) is 1. The van der Waals surface area contributed by atoms with Gasteiger partial charge in [-0.05, 0) is 42.4 Å². The molecular formula is C16H34. The minimum Gasteiger partial charge on any atom is -0.0654 e. The predicted molar refractivity (Wildman–Crippen MR) is 75.7 cm³/mol. The van der Waals surface area contributed by atoms with Gasteiger partial charge in [0.1, 0.15) is 0 Å². The van der Waals surface area contributed by atoms with Crippen molar-refractivity contribution in [1.29, 1.82) is 0 Å². The van der Waals surface area contributed by atoms with Gasteiger partial charge >= 0.3 is 0 Å². The Bertz CT molecular complexity index is 169. The molecule has 0 nitrogen and oxygen atoms in total. The van der Waals surface area contributed by atoms with Crippen molar-refractivity contribution in [2.24, 2.45) is 23.2 Å². The third-order valence-electron chi connectivity index (χ3n) is 4.80. The van der Waals surface area contributed by atoms with E-state index in [-0.39, 0.29) is 0 Å². The van der Waals surface area contributed by atoms with Crippen LogP contribution in [-0.4, -0.2) is 0 Å². The normalized spacial score (nSPS) is 17.8. The Kier molecular flexibility index (Phi) is 7.35. The van der Waals surface area contributed by atoms with Gasteiger partial charge in [0, 0.05) is 0 Å². The topological polar surface area (TPSA) is 0 Å². The minimum atomic E-state index is 0.569. The molecule has 0 spiro atoms. The van der Waals surface area contributed by atoms with E-state index >= 15 is 0 Å². The maximum absolute atomic E-state index is 2.50. The van der Waals surface area contributed by atoms with Crippen molar-refractivity contribution in [3.63, 3.8) is 0 Å². The third kappa shape index (κ3) is 5.37. The molecule has 0 heteroatoms. The first kappa shape index (κ1) is 16.0. The van der Waals surface area contributed by atoms with Crippen LogP contribution in [0.25, 0.3) is 0 Å². The molecule has 0 aliphatic carbocycles. The average molecular weight is 226 g/mol. The standard InChI is InChI=1S/C16H34/c1-8-9-11-16(7,14(4)5)12-10-15(6)13(2)3/h13-15H,8-12H2,1-7H3/t15-,16-/m0/s1. The first-order valence-electron chi connectivity index (χ1n) is 7.33. The molecule has 16 heavy (non-hydrogen) atoms. The summed E-state index contributed by atoms with van der Waals surface area (Å²) in [6, 6.07) is 0. The zero-order chi connectivity index (χ0) is 12.8. The Labute approximate surface area is 104 Å². The van der Waals surface area contributed by atoms with Crippen molar-refractivity contribution in [2.45, 2.75) is 80.6 Å². The van der Waals surface area contributed by atoms with E-state index in [2.05, 4.69) is 48.5 Å². The molecule has 0 N–H and O–H groups in total. The summed E-state index contributed by atoms with van der Waals surface area (Å²) in [4.78, 5) is 0. The van der Waals surface area contributed by atoms with Crippen LogP contribution in [0.15, 0.2) is 0 Å². The lowest BCUT2D eigenvalue weighted by atomic mass is 9.70. The van der Waals surface area contributed by atoms with E-state index in [4.69, 9.17) is 0 Å². The minimum absolute atomic E-state index is 0.569. The maximum atomic E-state index is 2.50. The fourth-order valence-electron chi connectivity index (χ4n) is 2.17. The summed E-state index contributed by atoms with van der Waals surface area (Å²) in [6.07, 6.45) is 6.94. The Hall–Kier alpha value is 0. The molecule has 0 saturated carbocycles. The van der Waals surface area contributed by atoms with Crippen LogP contribution < -0.4 is 0 Å². The van der Waals surface area contributed by atoms with Crippen LogP contribution in [0.4, 0.5) is 0 Å². The van der Waals surface area contributed by atoms with Gasteiger partial charge in [0.25, 0.3) is 0 Å². The van der Waals surface area contributed by atoms with Crippen LogP contribution in [-0.2, 0) is 0 Å². The van der Waals surface area contributed by atoms with Gasteiger partial charge < -0.3 is 0 Å². The van der Waals surface area contributed by atoms with Crippen molar-refractivity contribution in [1.82, 2.24) is 0 Å². The first-order chi connectivity index (χ1) is 7.33. The zero-order valence-corrected chi connectivity index (χ0v) is 12.8. The molecule has 0 fully saturated rings. The molecule has 0 aliphatic heterocycles. The van der Waals surface area contributed by atoms with Crippen molar-refractivity contribution < 1.29 is 0 Å². The van der Waals surface area contributed by atoms with Crippen molar-refractivity contribution in [3.05, 3.63) is 0 Å². The lowest BCUT2D eigenvalue weighted by Gasteiger charge is -2.35. The molecule has 0 rings (SSSR count). The molecule has 0 unspecified atom stereocenters. The van der Waals surface area contributed by atoms with Gasteiger partial charge in [-0.25, -0.2) is 0 Å². The van der Waals surface area contributed by atoms with E-state index < -0.39 is 0 Å². The summed E-state index contributed by atoms with van der Waals surface area (Å²) in [5.41, 5.74) is 0.569. The Morgan fingerprint density at radius 3 is 1.88 bits per heavy atom. The predicted octanol–water partition coefficient (Wildman–Crippen LogP) is 5.91. The lowest BCUT2D eigenvalue weighted by Crippen LogP contribution is -2.24. The lowest BCUT2D eigenvalue weighted by molar-refractivity contribution is 0.156. The van der Waals surface area contributed by atoms with E-state index in [1.165, 1.54) is 32.1 Å².